The number of hydrogen-bond acceptors (Lipinski definition) is 9. The van der Waals surface area contributed by atoms with Crippen molar-refractivity contribution in [2.75, 3.05) is 14.2 Å². The van der Waals surface area contributed by atoms with Crippen molar-refractivity contribution in [2.45, 2.75) is 10.2 Å². The highest BCUT2D eigenvalue weighted by Crippen LogP contribution is 2.30. The number of amides is 2. The molecular weight excluding hydrogens is 496 g/mol. The lowest BCUT2D eigenvalue weighted by molar-refractivity contribution is 0.0943. The molecule has 4 rings (SSSR count). The van der Waals surface area contributed by atoms with Gasteiger partial charge in [0, 0.05) is 0 Å². The third kappa shape index (κ3) is 6.67. The van der Waals surface area contributed by atoms with Gasteiger partial charge >= 0.3 is 0 Å². The SMILES string of the molecule is COc1ccccc1C(=O)NN=Cc1ccc(Sc2ccc(C=NNC(=O)c3ccccc3OC)o2)o1. The van der Waals surface area contributed by atoms with Crippen LogP contribution in [0.2, 0.25) is 0 Å². The third-order valence-electron chi connectivity index (χ3n) is 4.82. The van der Waals surface area contributed by atoms with Crippen LogP contribution in [0.25, 0.3) is 0 Å². The molecule has 4 aromatic rings. The van der Waals surface area contributed by atoms with Gasteiger partial charge < -0.3 is 18.3 Å². The van der Waals surface area contributed by atoms with Gasteiger partial charge in [-0.25, -0.2) is 10.9 Å². The first-order valence-electron chi connectivity index (χ1n) is 10.9. The lowest BCUT2D eigenvalue weighted by Gasteiger charge is -2.05. The summed E-state index contributed by atoms with van der Waals surface area (Å²) in [6.07, 6.45) is 2.78. The van der Waals surface area contributed by atoms with Crippen LogP contribution >= 0.6 is 11.8 Å². The summed E-state index contributed by atoms with van der Waals surface area (Å²) >= 11 is 1.25. The number of methoxy groups -OCH3 is 2. The normalized spacial score (nSPS) is 11.1. The standard InChI is InChI=1S/C26H22N4O6S/c1-33-21-9-5-3-7-19(21)25(31)29-27-15-17-11-13-23(35-17)37-24-14-12-18(36-24)16-28-30-26(32)20-8-4-6-10-22(20)34-2/h3-16H,1-2H3,(H,29,31)(H,30,32). The number of carbonyl (C=O) groups excluding carboxylic acids is 2. The number of nitrogens with one attached hydrogen (secondary N) is 2. The van der Waals surface area contributed by atoms with E-state index in [9.17, 15) is 9.59 Å². The summed E-state index contributed by atoms with van der Waals surface area (Å²) in [5.41, 5.74) is 5.62. The van der Waals surface area contributed by atoms with Gasteiger partial charge in [0.05, 0.1) is 37.8 Å². The first kappa shape index (κ1) is 25.3. The van der Waals surface area contributed by atoms with Gasteiger partial charge in [-0.05, 0) is 60.3 Å². The number of para-hydroxylation sites is 2. The number of benzene rings is 2. The van der Waals surface area contributed by atoms with Crippen molar-refractivity contribution >= 4 is 36.0 Å². The lowest BCUT2D eigenvalue weighted by Crippen LogP contribution is -2.18. The smallest absolute Gasteiger partial charge is 0.275 e. The highest BCUT2D eigenvalue weighted by Gasteiger charge is 2.12. The van der Waals surface area contributed by atoms with E-state index in [2.05, 4.69) is 21.1 Å². The fourth-order valence-electron chi connectivity index (χ4n) is 3.11. The van der Waals surface area contributed by atoms with E-state index in [0.717, 1.165) is 0 Å². The van der Waals surface area contributed by atoms with Crippen molar-refractivity contribution in [2.24, 2.45) is 10.2 Å². The van der Waals surface area contributed by atoms with Crippen LogP contribution in [0.4, 0.5) is 0 Å². The largest absolute Gasteiger partial charge is 0.496 e. The summed E-state index contributed by atoms with van der Waals surface area (Å²) < 4.78 is 21.7. The molecule has 2 aromatic heterocycles. The molecule has 2 amide bonds. The van der Waals surface area contributed by atoms with Crippen LogP contribution in [0.1, 0.15) is 32.2 Å². The molecule has 0 saturated heterocycles. The maximum absolute atomic E-state index is 12.3. The van der Waals surface area contributed by atoms with Crippen LogP contribution in [0, 0.1) is 0 Å². The van der Waals surface area contributed by atoms with E-state index in [1.807, 2.05) is 0 Å². The van der Waals surface area contributed by atoms with Crippen LogP contribution < -0.4 is 20.3 Å². The highest BCUT2D eigenvalue weighted by atomic mass is 32.2. The number of nitrogens with zero attached hydrogens (tertiary/aromatic N) is 2. The Labute approximate surface area is 216 Å². The van der Waals surface area contributed by atoms with Gasteiger partial charge in [0.15, 0.2) is 10.2 Å². The second-order valence-electron chi connectivity index (χ2n) is 7.21. The van der Waals surface area contributed by atoms with E-state index in [1.165, 1.54) is 38.4 Å². The van der Waals surface area contributed by atoms with Crippen molar-refractivity contribution in [1.29, 1.82) is 0 Å². The van der Waals surface area contributed by atoms with Crippen molar-refractivity contribution in [1.82, 2.24) is 10.9 Å². The Kier molecular flexibility index (Phi) is 8.40. The predicted molar refractivity (Wildman–Crippen MR) is 138 cm³/mol. The first-order valence-corrected chi connectivity index (χ1v) is 11.7. The first-order chi connectivity index (χ1) is 18.1. The molecule has 0 saturated carbocycles. The van der Waals surface area contributed by atoms with Crippen LogP contribution in [0.15, 0.2) is 102 Å². The summed E-state index contributed by atoms with van der Waals surface area (Å²) in [4.78, 5) is 24.6. The Hall–Kier alpha value is -4.77. The Balaban J connectivity index is 1.29. The zero-order chi connectivity index (χ0) is 26.0. The van der Waals surface area contributed by atoms with Gasteiger partial charge in [-0.3, -0.25) is 9.59 Å². The molecule has 0 spiro atoms. The van der Waals surface area contributed by atoms with Crippen molar-refractivity contribution < 1.29 is 27.9 Å². The molecule has 0 atom stereocenters. The fourth-order valence-corrected chi connectivity index (χ4v) is 3.86. The van der Waals surface area contributed by atoms with Gasteiger partial charge in [0.2, 0.25) is 0 Å². The Bertz CT molecular complexity index is 1330. The number of ether oxygens (including phenoxy) is 2. The van der Waals surface area contributed by atoms with E-state index in [1.54, 1.807) is 72.8 Å². The van der Waals surface area contributed by atoms with Gasteiger partial charge in [-0.1, -0.05) is 24.3 Å². The predicted octanol–water partition coefficient (Wildman–Crippen LogP) is 4.57. The average Bonchev–Trinajstić information content (AvgIpc) is 3.57. The molecule has 11 heteroatoms. The van der Waals surface area contributed by atoms with E-state index in [4.69, 9.17) is 18.3 Å². The monoisotopic (exact) mass is 518 g/mol. The molecule has 0 unspecified atom stereocenters. The molecule has 0 aliphatic rings. The second kappa shape index (κ2) is 12.3. The van der Waals surface area contributed by atoms with Gasteiger partial charge in [-0.2, -0.15) is 10.2 Å². The molecule has 0 radical (unpaired) electrons. The molecule has 2 heterocycles. The molecular formula is C26H22N4O6S. The summed E-state index contributed by atoms with van der Waals surface area (Å²) in [7, 11) is 2.99. The molecule has 37 heavy (non-hydrogen) atoms. The van der Waals surface area contributed by atoms with Gasteiger partial charge in [0.25, 0.3) is 11.8 Å². The summed E-state index contributed by atoms with van der Waals surface area (Å²) in [5.74, 6) is 0.977. The third-order valence-corrected chi connectivity index (χ3v) is 5.67. The Morgan fingerprint density at radius 3 is 1.57 bits per heavy atom. The van der Waals surface area contributed by atoms with E-state index in [-0.39, 0.29) is 0 Å². The van der Waals surface area contributed by atoms with Crippen LogP contribution in [-0.4, -0.2) is 38.5 Å². The quantitative estimate of drug-likeness (QED) is 0.233. The van der Waals surface area contributed by atoms with Crippen LogP contribution in [0.5, 0.6) is 11.5 Å². The number of furan rings is 2. The number of hydrazone groups is 2. The zero-order valence-electron chi connectivity index (χ0n) is 19.8. The maximum Gasteiger partial charge on any atom is 0.275 e. The van der Waals surface area contributed by atoms with E-state index in [0.29, 0.717) is 44.3 Å². The molecule has 2 aromatic carbocycles. The van der Waals surface area contributed by atoms with Crippen LogP contribution in [0.3, 0.4) is 0 Å². The van der Waals surface area contributed by atoms with Gasteiger partial charge in [-0.15, -0.1) is 0 Å². The Morgan fingerprint density at radius 1 is 0.703 bits per heavy atom. The molecule has 2 N–H and O–H groups in total. The second-order valence-corrected chi connectivity index (χ2v) is 8.22. The number of rotatable bonds is 10. The fraction of sp³-hybridized carbons (Fsp3) is 0.0769. The number of carbonyl (C=O) groups is 2. The molecule has 0 aliphatic heterocycles. The molecule has 188 valence electrons. The van der Waals surface area contributed by atoms with Crippen molar-refractivity contribution in [3.05, 3.63) is 95.4 Å². The summed E-state index contributed by atoms with van der Waals surface area (Å²) in [6.45, 7) is 0. The minimum Gasteiger partial charge on any atom is -0.496 e. The minimum absolute atomic E-state index is 0.370. The average molecular weight is 519 g/mol. The van der Waals surface area contributed by atoms with Crippen LogP contribution in [-0.2, 0) is 0 Å². The van der Waals surface area contributed by atoms with Gasteiger partial charge in [0.1, 0.15) is 23.0 Å². The van der Waals surface area contributed by atoms with Crippen molar-refractivity contribution in [3.63, 3.8) is 0 Å². The molecule has 0 fully saturated rings. The Morgan fingerprint density at radius 2 is 1.14 bits per heavy atom. The topological polar surface area (TPSA) is 128 Å². The molecule has 0 aliphatic carbocycles. The van der Waals surface area contributed by atoms with Crippen molar-refractivity contribution in [3.8, 4) is 11.5 Å². The maximum atomic E-state index is 12.3. The molecule has 0 bridgehead atoms. The molecule has 10 nitrogen and oxygen atoms in total. The summed E-state index contributed by atoms with van der Waals surface area (Å²) in [5, 5.41) is 8.98. The zero-order valence-corrected chi connectivity index (χ0v) is 20.7. The highest BCUT2D eigenvalue weighted by molar-refractivity contribution is 7.99. The minimum atomic E-state index is -0.404. The van der Waals surface area contributed by atoms with E-state index >= 15 is 0 Å². The lowest BCUT2D eigenvalue weighted by atomic mass is 10.2. The summed E-state index contributed by atoms with van der Waals surface area (Å²) in [6, 6.07) is 20.6. The van der Waals surface area contributed by atoms with E-state index < -0.39 is 11.8 Å². The number of hydrogen-bond donors (Lipinski definition) is 2.